The molecule has 0 aromatic carbocycles. The summed E-state index contributed by atoms with van der Waals surface area (Å²) in [4.78, 5) is 1.53. The van der Waals surface area contributed by atoms with Crippen molar-refractivity contribution in [3.63, 3.8) is 0 Å². The van der Waals surface area contributed by atoms with Gasteiger partial charge in [-0.05, 0) is 0 Å². The van der Waals surface area contributed by atoms with E-state index in [1.807, 2.05) is 22.7 Å². The molecule has 1 saturated heterocycles. The summed E-state index contributed by atoms with van der Waals surface area (Å²) in [6, 6.07) is 0. The van der Waals surface area contributed by atoms with Crippen LogP contribution in [0, 0.1) is 3.14 Å². The molecule has 1 fully saturated rings. The van der Waals surface area contributed by atoms with Crippen LogP contribution < -0.4 is 3.78 Å². The molecule has 0 N–H and O–H groups in total. The second-order valence-corrected chi connectivity index (χ2v) is 9.50. The Morgan fingerprint density at radius 3 is 3.00 bits per heavy atom. The molecular weight excluding hydrogens is 323 g/mol. The fourth-order valence-corrected chi connectivity index (χ4v) is 7.56. The third-order valence-corrected chi connectivity index (χ3v) is 8.29. The van der Waals surface area contributed by atoms with Crippen LogP contribution in [-0.4, -0.2) is 27.7 Å². The van der Waals surface area contributed by atoms with E-state index in [4.69, 9.17) is 17.0 Å². The van der Waals surface area contributed by atoms with Crippen molar-refractivity contribution < 1.29 is 4.74 Å². The Kier molecular flexibility index (Phi) is 5.46. The molecule has 1 aromatic heterocycles. The second kappa shape index (κ2) is 6.62. The molecule has 5 heteroatoms. The maximum atomic E-state index is 5.77. The van der Waals surface area contributed by atoms with Crippen LogP contribution in [0.5, 0.6) is 0 Å². The molecule has 1 atom stereocenters. The van der Waals surface area contributed by atoms with Crippen molar-refractivity contribution in [3.05, 3.63) is 8.01 Å². The number of rotatable bonds is 4. The Bertz CT molecular complexity index is 379. The molecular formula is C11H16OS3Se. The van der Waals surface area contributed by atoms with Gasteiger partial charge in [0.1, 0.15) is 0 Å². The normalized spacial score (nSPS) is 21.2. The Labute approximate surface area is 116 Å². The third kappa shape index (κ3) is 3.62. The Balaban J connectivity index is 1.90. The molecule has 0 bridgehead atoms. The minimum atomic E-state index is 0.506. The molecule has 1 unspecified atom stereocenters. The number of ether oxygens (including phenoxy) is 1. The first kappa shape index (κ1) is 13.2. The van der Waals surface area contributed by atoms with Gasteiger partial charge >= 0.3 is 117 Å². The molecule has 0 radical (unpaired) electrons. The summed E-state index contributed by atoms with van der Waals surface area (Å²) >= 11 is 9.51. The molecule has 90 valence electrons. The van der Waals surface area contributed by atoms with E-state index in [0.717, 1.165) is 9.74 Å². The Morgan fingerprint density at radius 1 is 1.44 bits per heavy atom. The van der Waals surface area contributed by atoms with Gasteiger partial charge in [-0.15, -0.1) is 0 Å². The summed E-state index contributed by atoms with van der Waals surface area (Å²) in [5.41, 5.74) is 0. The van der Waals surface area contributed by atoms with Crippen molar-refractivity contribution >= 4 is 53.6 Å². The zero-order chi connectivity index (χ0) is 11.4. The van der Waals surface area contributed by atoms with E-state index >= 15 is 0 Å². The van der Waals surface area contributed by atoms with Gasteiger partial charge in [0.25, 0.3) is 0 Å². The average molecular weight is 339 g/mol. The topological polar surface area (TPSA) is 9.23 Å². The molecule has 1 aromatic rings. The monoisotopic (exact) mass is 340 g/mol. The van der Waals surface area contributed by atoms with Crippen molar-refractivity contribution in [2.24, 2.45) is 0 Å². The molecule has 16 heavy (non-hydrogen) atoms. The van der Waals surface area contributed by atoms with Gasteiger partial charge in [-0.3, -0.25) is 0 Å². The van der Waals surface area contributed by atoms with E-state index < -0.39 is 0 Å². The second-order valence-electron chi connectivity index (χ2n) is 3.90. The van der Waals surface area contributed by atoms with E-state index in [1.54, 1.807) is 3.78 Å². The Morgan fingerprint density at radius 2 is 2.31 bits per heavy atom. The average Bonchev–Trinajstić information content (AvgIpc) is 2.68. The van der Waals surface area contributed by atoms with Gasteiger partial charge in [0.05, 0.1) is 0 Å². The number of hydrogen-bond donors (Lipinski definition) is 0. The molecule has 1 aliphatic rings. The first-order valence-corrected chi connectivity index (χ1v) is 10.2. The van der Waals surface area contributed by atoms with Gasteiger partial charge in [-0.25, -0.2) is 0 Å². The van der Waals surface area contributed by atoms with Crippen LogP contribution in [0.25, 0.3) is 0 Å². The number of hydrogen-bond acceptors (Lipinski definition) is 4. The van der Waals surface area contributed by atoms with E-state index in [-0.39, 0.29) is 0 Å². The summed E-state index contributed by atoms with van der Waals surface area (Å²) in [6.45, 7) is 0.967. The van der Waals surface area contributed by atoms with Gasteiger partial charge in [0, 0.05) is 0 Å². The van der Waals surface area contributed by atoms with Crippen LogP contribution in [0.15, 0.2) is 0 Å². The van der Waals surface area contributed by atoms with Gasteiger partial charge < -0.3 is 0 Å². The van der Waals surface area contributed by atoms with Gasteiger partial charge in [0.15, 0.2) is 0 Å². The van der Waals surface area contributed by atoms with Crippen molar-refractivity contribution in [3.8, 4) is 0 Å². The standard InChI is InChI=1S/C11H16OS3Se/c1-16-10-9(14-11(13)15-10)6-5-8-4-2-3-7-12-8/h8H,2-7H2,1H3. The molecule has 2 rings (SSSR count). The molecule has 0 aliphatic carbocycles. The fraction of sp³-hybridized carbons (Fsp3) is 0.727. The summed E-state index contributed by atoms with van der Waals surface area (Å²) < 4.78 is 8.42. The minimum absolute atomic E-state index is 0.506. The molecule has 0 spiro atoms. The zero-order valence-electron chi connectivity index (χ0n) is 9.36. The van der Waals surface area contributed by atoms with Gasteiger partial charge in [-0.1, -0.05) is 0 Å². The van der Waals surface area contributed by atoms with E-state index in [0.29, 0.717) is 21.1 Å². The zero-order valence-corrected chi connectivity index (χ0v) is 13.5. The summed E-state index contributed by atoms with van der Waals surface area (Å²) in [5.74, 6) is 2.28. The first-order chi connectivity index (χ1) is 7.79. The van der Waals surface area contributed by atoms with Crippen molar-refractivity contribution in [2.45, 2.75) is 44.0 Å². The molecule has 1 nitrogen and oxygen atoms in total. The summed E-state index contributed by atoms with van der Waals surface area (Å²) in [5, 5.41) is 0. The molecule has 0 amide bonds. The molecule has 1 aliphatic heterocycles. The molecule has 0 saturated carbocycles. The van der Waals surface area contributed by atoms with Gasteiger partial charge in [0.2, 0.25) is 0 Å². The predicted molar refractivity (Wildman–Crippen MR) is 76.2 cm³/mol. The SMILES string of the molecule is C[Se]c1sc(=S)sc1CCC1CCCCO1. The Hall–Kier alpha value is 0.749. The maximum absolute atomic E-state index is 5.77. The van der Waals surface area contributed by atoms with Crippen LogP contribution >= 0.6 is 34.9 Å². The van der Waals surface area contributed by atoms with E-state index in [2.05, 4.69) is 5.82 Å². The third-order valence-electron chi connectivity index (χ3n) is 2.76. The van der Waals surface area contributed by atoms with E-state index in [9.17, 15) is 0 Å². The number of aryl methyl sites for hydroxylation is 1. The van der Waals surface area contributed by atoms with Crippen molar-refractivity contribution in [1.29, 1.82) is 0 Å². The van der Waals surface area contributed by atoms with Crippen molar-refractivity contribution in [2.75, 3.05) is 6.61 Å². The van der Waals surface area contributed by atoms with Gasteiger partial charge in [-0.2, -0.15) is 0 Å². The summed E-state index contributed by atoms with van der Waals surface area (Å²) in [6.07, 6.45) is 6.71. The van der Waals surface area contributed by atoms with E-state index in [1.165, 1.54) is 37.0 Å². The van der Waals surface area contributed by atoms with Crippen LogP contribution in [-0.2, 0) is 11.2 Å². The molecule has 2 heterocycles. The predicted octanol–water partition coefficient (Wildman–Crippen LogP) is 3.42. The summed E-state index contributed by atoms with van der Waals surface area (Å²) in [7, 11) is 0. The van der Waals surface area contributed by atoms with Crippen LogP contribution in [0.3, 0.4) is 0 Å². The van der Waals surface area contributed by atoms with Crippen LogP contribution in [0.2, 0.25) is 5.82 Å². The quantitative estimate of drug-likeness (QED) is 0.614. The fourth-order valence-electron chi connectivity index (χ4n) is 1.93. The van der Waals surface area contributed by atoms with Crippen LogP contribution in [0.4, 0.5) is 0 Å². The first-order valence-electron chi connectivity index (χ1n) is 5.58. The van der Waals surface area contributed by atoms with Crippen molar-refractivity contribution in [1.82, 2.24) is 0 Å². The van der Waals surface area contributed by atoms with Crippen LogP contribution in [0.1, 0.15) is 30.6 Å².